The number of benzene rings is 1. The van der Waals surface area contributed by atoms with Crippen LogP contribution in [0.3, 0.4) is 0 Å². The molecule has 0 atom stereocenters. The molecular weight excluding hydrogens is 321 g/mol. The molecule has 0 saturated heterocycles. The van der Waals surface area contributed by atoms with Crippen molar-refractivity contribution < 1.29 is 32.7 Å². The third-order valence-electron chi connectivity index (χ3n) is 2.54. The minimum atomic E-state index is -5.08. The lowest BCUT2D eigenvalue weighted by Gasteiger charge is -2.09. The molecule has 0 radical (unpaired) electrons. The number of ether oxygens (including phenoxy) is 1. The monoisotopic (exact) mass is 338 g/mol. The van der Waals surface area contributed by atoms with Crippen molar-refractivity contribution in [3.63, 3.8) is 0 Å². The average Bonchev–Trinajstić information content (AvgIpc) is 2.40. The topological polar surface area (TPSA) is 116 Å². The molecule has 0 spiro atoms. The number of aryl methyl sites for hydroxylation is 2. The first-order chi connectivity index (χ1) is 10.5. The van der Waals surface area contributed by atoms with Crippen molar-refractivity contribution in [2.24, 2.45) is 5.73 Å². The van der Waals surface area contributed by atoms with Crippen molar-refractivity contribution in [3.05, 3.63) is 33.4 Å². The Morgan fingerprint density at radius 3 is 2.26 bits per heavy atom. The molecular formula is C13H17F3N2O5. The van der Waals surface area contributed by atoms with Crippen molar-refractivity contribution in [3.8, 4) is 5.75 Å². The maximum absolute atomic E-state index is 10.7. The van der Waals surface area contributed by atoms with Gasteiger partial charge in [0.15, 0.2) is 0 Å². The molecule has 130 valence electrons. The minimum absolute atomic E-state index is 0.0911. The lowest BCUT2D eigenvalue weighted by molar-refractivity contribution is -0.385. The van der Waals surface area contributed by atoms with Crippen LogP contribution in [0.4, 0.5) is 18.9 Å². The molecule has 0 aromatic heterocycles. The first-order valence-corrected chi connectivity index (χ1v) is 6.39. The second kappa shape index (κ2) is 8.93. The van der Waals surface area contributed by atoms with E-state index in [-0.39, 0.29) is 5.69 Å². The van der Waals surface area contributed by atoms with Crippen molar-refractivity contribution >= 4 is 11.7 Å². The molecule has 0 aliphatic carbocycles. The van der Waals surface area contributed by atoms with E-state index in [0.717, 1.165) is 12.0 Å². The summed E-state index contributed by atoms with van der Waals surface area (Å²) in [5.41, 5.74) is 6.99. The molecule has 23 heavy (non-hydrogen) atoms. The summed E-state index contributed by atoms with van der Waals surface area (Å²) >= 11 is 0. The number of carboxylic acid groups (broad SMARTS) is 1. The number of alkyl halides is 3. The number of nitrogens with two attached hydrogens (primary N) is 1. The molecule has 1 aromatic carbocycles. The maximum Gasteiger partial charge on any atom is 0.490 e. The normalized spacial score (nSPS) is 10.5. The highest BCUT2D eigenvalue weighted by atomic mass is 19.4. The number of hydrogen-bond donors (Lipinski definition) is 2. The van der Waals surface area contributed by atoms with Gasteiger partial charge in [0.1, 0.15) is 5.75 Å². The highest BCUT2D eigenvalue weighted by Crippen LogP contribution is 2.28. The van der Waals surface area contributed by atoms with E-state index >= 15 is 0 Å². The lowest BCUT2D eigenvalue weighted by Crippen LogP contribution is -2.21. The minimum Gasteiger partial charge on any atom is -0.493 e. The van der Waals surface area contributed by atoms with Crippen LogP contribution in [0, 0.1) is 24.0 Å². The largest absolute Gasteiger partial charge is 0.493 e. The van der Waals surface area contributed by atoms with Crippen LogP contribution in [-0.2, 0) is 4.79 Å². The van der Waals surface area contributed by atoms with Gasteiger partial charge in [0.2, 0.25) is 0 Å². The lowest BCUT2D eigenvalue weighted by atomic mass is 10.1. The van der Waals surface area contributed by atoms with Crippen LogP contribution in [-0.4, -0.2) is 35.3 Å². The Kier molecular flexibility index (Phi) is 8.02. The van der Waals surface area contributed by atoms with E-state index in [1.807, 2.05) is 6.92 Å². The number of aliphatic carboxylic acids is 1. The number of nitro groups is 1. The molecule has 0 saturated carbocycles. The summed E-state index contributed by atoms with van der Waals surface area (Å²) in [7, 11) is 0. The summed E-state index contributed by atoms with van der Waals surface area (Å²) in [6.45, 7) is 4.62. The van der Waals surface area contributed by atoms with Gasteiger partial charge in [-0.05, 0) is 38.4 Å². The average molecular weight is 338 g/mol. The van der Waals surface area contributed by atoms with Crippen molar-refractivity contribution in [2.45, 2.75) is 26.4 Å². The molecule has 10 heteroatoms. The van der Waals surface area contributed by atoms with Crippen LogP contribution in [0.25, 0.3) is 0 Å². The molecule has 0 aliphatic rings. The Labute approximate surface area is 130 Å². The Bertz CT molecular complexity index is 561. The van der Waals surface area contributed by atoms with Gasteiger partial charge in [-0.3, -0.25) is 10.1 Å². The van der Waals surface area contributed by atoms with Gasteiger partial charge in [-0.25, -0.2) is 4.79 Å². The first-order valence-electron chi connectivity index (χ1n) is 6.39. The zero-order valence-corrected chi connectivity index (χ0v) is 12.5. The molecule has 1 rings (SSSR count). The molecule has 3 N–H and O–H groups in total. The van der Waals surface area contributed by atoms with E-state index < -0.39 is 17.1 Å². The smallest absolute Gasteiger partial charge is 0.490 e. The van der Waals surface area contributed by atoms with Crippen LogP contribution < -0.4 is 10.5 Å². The number of carbonyl (C=O) groups is 1. The van der Waals surface area contributed by atoms with E-state index in [1.165, 1.54) is 6.07 Å². The first kappa shape index (κ1) is 20.6. The quantitative estimate of drug-likeness (QED) is 0.484. The van der Waals surface area contributed by atoms with E-state index in [1.54, 1.807) is 13.0 Å². The van der Waals surface area contributed by atoms with E-state index in [0.29, 0.717) is 24.5 Å². The fourth-order valence-electron chi connectivity index (χ4n) is 1.44. The summed E-state index contributed by atoms with van der Waals surface area (Å²) in [6.07, 6.45) is -4.35. The number of halogens is 3. The molecule has 0 fully saturated rings. The fourth-order valence-corrected chi connectivity index (χ4v) is 1.44. The number of carboxylic acids is 1. The Morgan fingerprint density at radius 2 is 1.87 bits per heavy atom. The van der Waals surface area contributed by atoms with Gasteiger partial charge in [0.25, 0.3) is 5.69 Å². The van der Waals surface area contributed by atoms with E-state index in [4.69, 9.17) is 20.4 Å². The molecule has 1 aromatic rings. The van der Waals surface area contributed by atoms with Gasteiger partial charge in [-0.2, -0.15) is 13.2 Å². The van der Waals surface area contributed by atoms with E-state index in [2.05, 4.69) is 0 Å². The van der Waals surface area contributed by atoms with Gasteiger partial charge < -0.3 is 15.6 Å². The fraction of sp³-hybridized carbons (Fsp3) is 0.462. The second-order valence-corrected chi connectivity index (χ2v) is 4.45. The van der Waals surface area contributed by atoms with Gasteiger partial charge in [-0.1, -0.05) is 0 Å². The number of nitrogens with zero attached hydrogens (tertiary/aromatic N) is 1. The Hall–Kier alpha value is -2.36. The zero-order chi connectivity index (χ0) is 18.2. The maximum atomic E-state index is 10.7. The SMILES string of the molecule is Cc1cc(C)c([N+](=O)[O-])cc1OCCCN.O=C(O)C(F)(F)F. The third-order valence-corrected chi connectivity index (χ3v) is 2.54. The predicted molar refractivity (Wildman–Crippen MR) is 75.4 cm³/mol. The number of rotatable bonds is 5. The molecule has 0 aliphatic heterocycles. The van der Waals surface area contributed by atoms with Gasteiger partial charge in [-0.15, -0.1) is 0 Å². The van der Waals surface area contributed by atoms with Gasteiger partial charge in [0.05, 0.1) is 17.6 Å². The highest BCUT2D eigenvalue weighted by molar-refractivity contribution is 5.73. The Balaban J connectivity index is 0.000000585. The highest BCUT2D eigenvalue weighted by Gasteiger charge is 2.38. The summed E-state index contributed by atoms with van der Waals surface area (Å²) in [4.78, 5) is 19.2. The van der Waals surface area contributed by atoms with Crippen LogP contribution in [0.5, 0.6) is 5.75 Å². The summed E-state index contributed by atoms with van der Waals surface area (Å²) < 4.78 is 37.2. The molecule has 0 unspecified atom stereocenters. The molecule has 0 heterocycles. The number of nitro benzene ring substituents is 1. The van der Waals surface area contributed by atoms with Crippen LogP contribution in [0.15, 0.2) is 12.1 Å². The third kappa shape index (κ3) is 7.45. The number of hydrogen-bond acceptors (Lipinski definition) is 5. The van der Waals surface area contributed by atoms with Crippen LogP contribution >= 0.6 is 0 Å². The van der Waals surface area contributed by atoms with Crippen molar-refractivity contribution in [1.82, 2.24) is 0 Å². The summed E-state index contributed by atoms with van der Waals surface area (Å²) in [5.74, 6) is -2.20. The molecule has 7 nitrogen and oxygen atoms in total. The van der Waals surface area contributed by atoms with Gasteiger partial charge >= 0.3 is 12.1 Å². The van der Waals surface area contributed by atoms with Crippen molar-refractivity contribution in [1.29, 1.82) is 0 Å². The standard InChI is InChI=1S/C11H16N2O3.C2HF3O2/c1-8-6-9(2)11(16-5-3-4-12)7-10(8)13(14)15;3-2(4,5)1(6)7/h6-7H,3-5,12H2,1-2H3;(H,6,7). The zero-order valence-electron chi connectivity index (χ0n) is 12.5. The van der Waals surface area contributed by atoms with Gasteiger partial charge in [0, 0.05) is 5.56 Å². The van der Waals surface area contributed by atoms with Crippen LogP contribution in [0.2, 0.25) is 0 Å². The predicted octanol–water partition coefficient (Wildman–Crippen LogP) is 2.57. The summed E-state index contributed by atoms with van der Waals surface area (Å²) in [5, 5.41) is 17.9. The van der Waals surface area contributed by atoms with Crippen molar-refractivity contribution in [2.75, 3.05) is 13.2 Å². The van der Waals surface area contributed by atoms with E-state index in [9.17, 15) is 23.3 Å². The summed E-state index contributed by atoms with van der Waals surface area (Å²) in [6, 6.07) is 3.23. The molecule has 0 bridgehead atoms. The van der Waals surface area contributed by atoms with Crippen LogP contribution in [0.1, 0.15) is 17.5 Å². The second-order valence-electron chi connectivity index (χ2n) is 4.45. The Morgan fingerprint density at radius 1 is 1.35 bits per heavy atom. The molecule has 0 amide bonds.